The highest BCUT2D eigenvalue weighted by Crippen LogP contribution is 2.44. The lowest BCUT2D eigenvalue weighted by molar-refractivity contribution is -0.148. The zero-order chi connectivity index (χ0) is 20.6. The molecule has 1 aliphatic heterocycles. The number of anilines is 1. The highest BCUT2D eigenvalue weighted by molar-refractivity contribution is 7.10. The van der Waals surface area contributed by atoms with Crippen molar-refractivity contribution in [2.45, 2.75) is 50.4 Å². The Hall–Kier alpha value is -1.91. The van der Waals surface area contributed by atoms with Gasteiger partial charge in [-0.25, -0.2) is 0 Å². The van der Waals surface area contributed by atoms with Crippen LogP contribution in [0.4, 0.5) is 19.1 Å². The topological polar surface area (TPSA) is 70.4 Å². The number of amides is 1. The minimum absolute atomic E-state index is 0.231. The van der Waals surface area contributed by atoms with E-state index in [2.05, 4.69) is 15.8 Å². The highest BCUT2D eigenvalue weighted by Gasteiger charge is 2.41. The van der Waals surface area contributed by atoms with E-state index in [1.54, 1.807) is 24.3 Å². The summed E-state index contributed by atoms with van der Waals surface area (Å²) in [6, 6.07) is 4.15. The first-order valence-corrected chi connectivity index (χ1v) is 10.5. The summed E-state index contributed by atoms with van der Waals surface area (Å²) in [5.41, 5.74) is 1.28. The van der Waals surface area contributed by atoms with Gasteiger partial charge in [-0.1, -0.05) is 5.16 Å². The fourth-order valence-electron chi connectivity index (χ4n) is 3.78. The van der Waals surface area contributed by atoms with E-state index in [9.17, 15) is 18.0 Å². The third-order valence-corrected chi connectivity index (χ3v) is 6.41. The third kappa shape index (κ3) is 5.37. The van der Waals surface area contributed by atoms with Gasteiger partial charge in [0.15, 0.2) is 0 Å². The quantitative estimate of drug-likeness (QED) is 0.733. The van der Waals surface area contributed by atoms with Crippen molar-refractivity contribution in [3.8, 4) is 0 Å². The van der Waals surface area contributed by atoms with Crippen LogP contribution in [0.5, 0.6) is 0 Å². The summed E-state index contributed by atoms with van der Waals surface area (Å²) in [5, 5.41) is 11.8. The molecule has 0 bridgehead atoms. The Kier molecular flexibility index (Phi) is 5.67. The summed E-state index contributed by atoms with van der Waals surface area (Å²) in [7, 11) is 0. The molecule has 0 radical (unpaired) electrons. The van der Waals surface area contributed by atoms with Gasteiger partial charge in [0, 0.05) is 34.3 Å². The molecule has 0 aromatic carbocycles. The number of nitrogens with one attached hydrogen (secondary N) is 2. The van der Waals surface area contributed by atoms with Crippen LogP contribution >= 0.6 is 11.3 Å². The van der Waals surface area contributed by atoms with E-state index >= 15 is 0 Å². The first-order chi connectivity index (χ1) is 13.8. The van der Waals surface area contributed by atoms with Crippen LogP contribution in [-0.2, 0) is 0 Å². The van der Waals surface area contributed by atoms with Crippen LogP contribution in [0.3, 0.4) is 0 Å². The molecular weight excluding hydrogens is 405 g/mol. The number of aromatic nitrogens is 1. The molecule has 2 aromatic heterocycles. The van der Waals surface area contributed by atoms with Crippen LogP contribution in [0.1, 0.15) is 46.1 Å². The molecule has 6 nitrogen and oxygen atoms in total. The Labute approximate surface area is 170 Å². The van der Waals surface area contributed by atoms with E-state index in [4.69, 9.17) is 4.52 Å². The minimum atomic E-state index is -4.13. The van der Waals surface area contributed by atoms with E-state index in [0.29, 0.717) is 42.2 Å². The second-order valence-electron chi connectivity index (χ2n) is 7.81. The molecule has 1 amide bonds. The van der Waals surface area contributed by atoms with Gasteiger partial charge in [0.2, 0.25) is 5.88 Å². The van der Waals surface area contributed by atoms with Crippen molar-refractivity contribution in [1.29, 1.82) is 0 Å². The predicted molar refractivity (Wildman–Crippen MR) is 103 cm³/mol. The van der Waals surface area contributed by atoms with Crippen LogP contribution in [-0.4, -0.2) is 53.9 Å². The fraction of sp³-hybridized carbons (Fsp3) is 0.579. The molecule has 158 valence electrons. The second-order valence-corrected chi connectivity index (χ2v) is 8.75. The van der Waals surface area contributed by atoms with Crippen LogP contribution < -0.4 is 10.6 Å². The van der Waals surface area contributed by atoms with Gasteiger partial charge < -0.3 is 9.84 Å². The van der Waals surface area contributed by atoms with Crippen molar-refractivity contribution >= 4 is 23.1 Å². The number of carbonyl (C=O) groups is 1. The number of carbonyl (C=O) groups excluding carboxylic acids is 1. The van der Waals surface area contributed by atoms with Gasteiger partial charge >= 0.3 is 6.18 Å². The monoisotopic (exact) mass is 428 g/mol. The molecule has 2 aromatic rings. The van der Waals surface area contributed by atoms with Crippen LogP contribution in [0, 0.1) is 6.92 Å². The second kappa shape index (κ2) is 8.08. The van der Waals surface area contributed by atoms with Crippen molar-refractivity contribution < 1.29 is 22.5 Å². The van der Waals surface area contributed by atoms with Gasteiger partial charge in [-0.2, -0.15) is 13.2 Å². The maximum absolute atomic E-state index is 12.5. The van der Waals surface area contributed by atoms with Gasteiger partial charge in [-0.15, -0.1) is 11.3 Å². The average molecular weight is 428 g/mol. The molecule has 2 N–H and O–H groups in total. The van der Waals surface area contributed by atoms with Crippen molar-refractivity contribution in [1.82, 2.24) is 15.4 Å². The number of rotatable bonds is 6. The minimum Gasteiger partial charge on any atom is -0.338 e. The number of alkyl halides is 3. The Morgan fingerprint density at radius 1 is 1.34 bits per heavy atom. The molecule has 2 atom stereocenters. The molecule has 1 saturated heterocycles. The first-order valence-electron chi connectivity index (χ1n) is 9.65. The molecule has 1 saturated carbocycles. The largest absolute Gasteiger partial charge is 0.401 e. The third-order valence-electron chi connectivity index (χ3n) is 5.34. The molecule has 2 fully saturated rings. The number of hydrogen-bond acceptors (Lipinski definition) is 6. The number of nitrogens with zero attached hydrogens (tertiary/aromatic N) is 2. The summed E-state index contributed by atoms with van der Waals surface area (Å²) in [6.45, 7) is 1.90. The van der Waals surface area contributed by atoms with Crippen molar-refractivity contribution in [2.24, 2.45) is 0 Å². The molecule has 2 aliphatic rings. The SMILES string of the molecule is Cc1cc(NC(=O)c2csc(C3CC3NC3CCN(CC(F)(F)F)CC3)c2)on1. The summed E-state index contributed by atoms with van der Waals surface area (Å²) < 4.78 is 42.5. The van der Waals surface area contributed by atoms with Gasteiger partial charge in [-0.05, 0) is 45.3 Å². The molecule has 2 unspecified atom stereocenters. The molecule has 4 rings (SSSR count). The van der Waals surface area contributed by atoms with Gasteiger partial charge in [0.25, 0.3) is 5.91 Å². The molecule has 1 aliphatic carbocycles. The van der Waals surface area contributed by atoms with E-state index in [1.165, 1.54) is 4.90 Å². The molecule has 10 heteroatoms. The lowest BCUT2D eigenvalue weighted by Gasteiger charge is -2.33. The Balaban J connectivity index is 1.23. The van der Waals surface area contributed by atoms with Crippen molar-refractivity contribution in [3.05, 3.63) is 33.6 Å². The molecule has 0 spiro atoms. The maximum atomic E-state index is 12.5. The smallest absolute Gasteiger partial charge is 0.338 e. The summed E-state index contributed by atoms with van der Waals surface area (Å²) >= 11 is 1.56. The predicted octanol–water partition coefficient (Wildman–Crippen LogP) is 3.77. The lowest BCUT2D eigenvalue weighted by atomic mass is 10.0. The number of halogens is 3. The molecule has 29 heavy (non-hydrogen) atoms. The first kappa shape index (κ1) is 20.4. The zero-order valence-corrected chi connectivity index (χ0v) is 16.8. The number of thiophene rings is 1. The van der Waals surface area contributed by atoms with Crippen molar-refractivity contribution in [2.75, 3.05) is 25.0 Å². The Morgan fingerprint density at radius 2 is 2.10 bits per heavy atom. The molecular formula is C19H23F3N4O2S. The standard InChI is InChI=1S/C19H23F3N4O2S/c1-11-6-17(28-25-11)24-18(27)12-7-16(29-9-12)14-8-15(14)23-13-2-4-26(5-3-13)10-19(20,21)22/h6-7,9,13-15,23H,2-5,8,10H2,1H3,(H,24,27). The van der Waals surface area contributed by atoms with Crippen LogP contribution in [0.15, 0.2) is 22.0 Å². The summed E-state index contributed by atoms with van der Waals surface area (Å²) in [6.07, 6.45) is -1.68. The summed E-state index contributed by atoms with van der Waals surface area (Å²) in [5.74, 6) is 0.455. The van der Waals surface area contributed by atoms with Gasteiger partial charge in [0.05, 0.1) is 17.8 Å². The van der Waals surface area contributed by atoms with E-state index in [1.807, 2.05) is 11.4 Å². The van der Waals surface area contributed by atoms with E-state index < -0.39 is 12.7 Å². The van der Waals surface area contributed by atoms with E-state index in [-0.39, 0.29) is 11.9 Å². The number of likely N-dealkylation sites (tertiary alicyclic amines) is 1. The number of aryl methyl sites for hydroxylation is 1. The van der Waals surface area contributed by atoms with E-state index in [0.717, 1.165) is 24.1 Å². The normalized spacial score (nSPS) is 23.3. The fourth-order valence-corrected chi connectivity index (χ4v) is 4.85. The Morgan fingerprint density at radius 3 is 2.76 bits per heavy atom. The summed E-state index contributed by atoms with van der Waals surface area (Å²) in [4.78, 5) is 14.9. The average Bonchev–Trinajstić information content (AvgIpc) is 3.03. The van der Waals surface area contributed by atoms with Gasteiger partial charge in [-0.3, -0.25) is 15.0 Å². The van der Waals surface area contributed by atoms with Gasteiger partial charge in [0.1, 0.15) is 0 Å². The van der Waals surface area contributed by atoms with Crippen molar-refractivity contribution in [3.63, 3.8) is 0 Å². The number of hydrogen-bond donors (Lipinski definition) is 2. The lowest BCUT2D eigenvalue weighted by Crippen LogP contribution is -2.46. The maximum Gasteiger partial charge on any atom is 0.401 e. The zero-order valence-electron chi connectivity index (χ0n) is 16.0. The number of piperidine rings is 1. The molecule has 3 heterocycles. The van der Waals surface area contributed by atoms with Crippen LogP contribution in [0.25, 0.3) is 0 Å². The Bertz CT molecular complexity index is 858. The highest BCUT2D eigenvalue weighted by atomic mass is 32.1. The van der Waals surface area contributed by atoms with Crippen LogP contribution in [0.2, 0.25) is 0 Å².